The Balaban J connectivity index is 1.51. The number of rotatable bonds is 10. The lowest BCUT2D eigenvalue weighted by atomic mass is 10.1. The van der Waals surface area contributed by atoms with Crippen molar-refractivity contribution in [3.8, 4) is 16.9 Å². The zero-order chi connectivity index (χ0) is 20.3. The molecular weight excluding hydrogens is 362 g/mol. The molecule has 29 heavy (non-hydrogen) atoms. The fourth-order valence-electron chi connectivity index (χ4n) is 2.97. The number of aromatic nitrogens is 3. The fraction of sp³-hybridized carbons (Fsp3) is 0.304. The minimum Gasteiger partial charge on any atom is -0.267 e. The summed E-state index contributed by atoms with van der Waals surface area (Å²) in [6.07, 6.45) is 10.6. The van der Waals surface area contributed by atoms with Gasteiger partial charge in [0, 0.05) is 17.3 Å². The van der Waals surface area contributed by atoms with E-state index in [1.54, 1.807) is 23.0 Å². The maximum absolute atomic E-state index is 12.2. The fourth-order valence-corrected chi connectivity index (χ4v) is 2.97. The zero-order valence-corrected chi connectivity index (χ0v) is 16.8. The van der Waals surface area contributed by atoms with Crippen LogP contribution in [0.3, 0.4) is 0 Å². The number of carbonyl (C=O) groups excluding carboxylic acids is 1. The maximum Gasteiger partial charge on any atom is 0.271 e. The zero-order valence-electron chi connectivity index (χ0n) is 16.8. The Morgan fingerprint density at radius 3 is 2.55 bits per heavy atom. The van der Waals surface area contributed by atoms with Crippen LogP contribution in [0, 0.1) is 0 Å². The minimum absolute atomic E-state index is 0.220. The lowest BCUT2D eigenvalue weighted by Gasteiger charge is -2.03. The van der Waals surface area contributed by atoms with Crippen LogP contribution < -0.4 is 5.43 Å². The first kappa shape index (κ1) is 20.5. The molecule has 1 amide bonds. The molecule has 0 aliphatic rings. The molecule has 3 rings (SSSR count). The summed E-state index contributed by atoms with van der Waals surface area (Å²) >= 11 is 0. The Bertz CT molecular complexity index is 916. The first-order chi connectivity index (χ1) is 14.3. The van der Waals surface area contributed by atoms with E-state index in [0.717, 1.165) is 29.8 Å². The Hall–Kier alpha value is -3.28. The number of unbranched alkanes of at least 4 members (excludes halogenated alkanes) is 5. The molecular formula is C23H27N5O. The van der Waals surface area contributed by atoms with Gasteiger partial charge in [0.2, 0.25) is 0 Å². The van der Waals surface area contributed by atoms with Crippen molar-refractivity contribution in [2.24, 2.45) is 5.10 Å². The monoisotopic (exact) mass is 389 g/mol. The predicted octanol–water partition coefficient (Wildman–Crippen LogP) is 5.01. The van der Waals surface area contributed by atoms with Gasteiger partial charge in [-0.15, -0.1) is 5.10 Å². The average Bonchev–Trinajstić information content (AvgIpc) is 3.26. The molecule has 150 valence electrons. The third kappa shape index (κ3) is 6.10. The smallest absolute Gasteiger partial charge is 0.267 e. The summed E-state index contributed by atoms with van der Waals surface area (Å²) in [7, 11) is 0. The Kier molecular flexibility index (Phi) is 7.69. The summed E-state index contributed by atoms with van der Waals surface area (Å²) in [5.41, 5.74) is 5.79. The second-order valence-corrected chi connectivity index (χ2v) is 6.92. The van der Waals surface area contributed by atoms with Crippen LogP contribution in [0.4, 0.5) is 0 Å². The first-order valence-electron chi connectivity index (χ1n) is 10.2. The first-order valence-corrected chi connectivity index (χ1v) is 10.2. The van der Waals surface area contributed by atoms with Gasteiger partial charge in [0.1, 0.15) is 5.69 Å². The quantitative estimate of drug-likeness (QED) is 0.301. The average molecular weight is 390 g/mol. The molecule has 1 N–H and O–H groups in total. The number of hydrogen-bond donors (Lipinski definition) is 1. The number of nitrogens with zero attached hydrogens (tertiary/aromatic N) is 4. The lowest BCUT2D eigenvalue weighted by Crippen LogP contribution is -2.17. The van der Waals surface area contributed by atoms with Crippen LogP contribution in [0.5, 0.6) is 0 Å². The molecule has 0 radical (unpaired) electrons. The third-order valence-corrected chi connectivity index (χ3v) is 4.65. The number of hydrogen-bond acceptors (Lipinski definition) is 4. The van der Waals surface area contributed by atoms with Crippen LogP contribution in [0.2, 0.25) is 0 Å². The van der Waals surface area contributed by atoms with Crippen molar-refractivity contribution in [1.29, 1.82) is 0 Å². The van der Waals surface area contributed by atoms with Gasteiger partial charge in [0.05, 0.1) is 11.9 Å². The van der Waals surface area contributed by atoms with Gasteiger partial charge in [-0.05, 0) is 37.1 Å². The van der Waals surface area contributed by atoms with Crippen LogP contribution in [-0.2, 0) is 0 Å². The van der Waals surface area contributed by atoms with Gasteiger partial charge >= 0.3 is 0 Å². The van der Waals surface area contributed by atoms with E-state index in [0.29, 0.717) is 5.56 Å². The van der Waals surface area contributed by atoms with E-state index >= 15 is 0 Å². The second-order valence-electron chi connectivity index (χ2n) is 6.92. The Labute approximate surface area is 171 Å². The SMILES string of the molecule is CCCCCCC/C=N/NC(=O)c1ccc(-n2cc(-c3ccccc3)nn2)cc1. The van der Waals surface area contributed by atoms with E-state index in [-0.39, 0.29) is 5.91 Å². The molecule has 1 aromatic heterocycles. The summed E-state index contributed by atoms with van der Waals surface area (Å²) in [6.45, 7) is 2.21. The van der Waals surface area contributed by atoms with Gasteiger partial charge in [0.25, 0.3) is 5.91 Å². The van der Waals surface area contributed by atoms with Crippen molar-refractivity contribution in [2.45, 2.75) is 45.4 Å². The van der Waals surface area contributed by atoms with E-state index in [9.17, 15) is 4.79 Å². The standard InChI is InChI=1S/C23H27N5O/c1-2-3-4-5-6-10-17-24-26-23(29)20-13-15-21(16-14-20)28-18-22(25-27-28)19-11-8-7-9-12-19/h7-9,11-18H,2-6,10H2,1H3,(H,26,29)/b24-17+. The topological polar surface area (TPSA) is 72.2 Å². The van der Waals surface area contributed by atoms with E-state index in [1.807, 2.05) is 48.7 Å². The number of amides is 1. The molecule has 0 atom stereocenters. The maximum atomic E-state index is 12.2. The van der Waals surface area contributed by atoms with Crippen LogP contribution in [0.1, 0.15) is 55.8 Å². The van der Waals surface area contributed by atoms with Gasteiger partial charge in [-0.1, -0.05) is 68.2 Å². The molecule has 1 heterocycles. The molecule has 2 aromatic carbocycles. The van der Waals surface area contributed by atoms with Crippen molar-refractivity contribution in [2.75, 3.05) is 0 Å². The third-order valence-electron chi connectivity index (χ3n) is 4.65. The molecule has 3 aromatic rings. The molecule has 0 unspecified atom stereocenters. The van der Waals surface area contributed by atoms with Crippen LogP contribution in [0.25, 0.3) is 16.9 Å². The van der Waals surface area contributed by atoms with Crippen molar-refractivity contribution >= 4 is 12.1 Å². The van der Waals surface area contributed by atoms with Gasteiger partial charge in [-0.2, -0.15) is 5.10 Å². The van der Waals surface area contributed by atoms with Crippen molar-refractivity contribution in [3.05, 3.63) is 66.4 Å². The van der Waals surface area contributed by atoms with Gasteiger partial charge in [-0.3, -0.25) is 4.79 Å². The highest BCUT2D eigenvalue weighted by Crippen LogP contribution is 2.17. The van der Waals surface area contributed by atoms with Gasteiger partial charge in [0.15, 0.2) is 0 Å². The number of hydrazone groups is 1. The summed E-state index contributed by atoms with van der Waals surface area (Å²) < 4.78 is 1.70. The van der Waals surface area contributed by atoms with Crippen LogP contribution in [-0.4, -0.2) is 27.1 Å². The molecule has 6 nitrogen and oxygen atoms in total. The Morgan fingerprint density at radius 2 is 1.79 bits per heavy atom. The molecule has 0 spiro atoms. The predicted molar refractivity (Wildman–Crippen MR) is 116 cm³/mol. The van der Waals surface area contributed by atoms with Gasteiger partial charge < -0.3 is 0 Å². The van der Waals surface area contributed by atoms with Crippen molar-refractivity contribution < 1.29 is 4.79 Å². The lowest BCUT2D eigenvalue weighted by molar-refractivity contribution is 0.0955. The highest BCUT2D eigenvalue weighted by atomic mass is 16.2. The number of benzene rings is 2. The number of carbonyl (C=O) groups is 1. The second kappa shape index (κ2) is 10.9. The summed E-state index contributed by atoms with van der Waals surface area (Å²) in [4.78, 5) is 12.2. The normalized spacial score (nSPS) is 11.1. The molecule has 0 saturated heterocycles. The summed E-state index contributed by atoms with van der Waals surface area (Å²) in [6, 6.07) is 17.1. The molecule has 0 bridgehead atoms. The van der Waals surface area contributed by atoms with Gasteiger partial charge in [-0.25, -0.2) is 10.1 Å². The van der Waals surface area contributed by atoms with Crippen molar-refractivity contribution in [1.82, 2.24) is 20.4 Å². The van der Waals surface area contributed by atoms with Crippen LogP contribution >= 0.6 is 0 Å². The highest BCUT2D eigenvalue weighted by molar-refractivity contribution is 5.94. The van der Waals surface area contributed by atoms with E-state index in [4.69, 9.17) is 0 Å². The molecule has 0 aliphatic heterocycles. The molecule has 0 saturated carbocycles. The van der Waals surface area contributed by atoms with Crippen molar-refractivity contribution in [3.63, 3.8) is 0 Å². The number of nitrogens with one attached hydrogen (secondary N) is 1. The summed E-state index contributed by atoms with van der Waals surface area (Å²) in [5, 5.41) is 12.4. The molecule has 0 fully saturated rings. The summed E-state index contributed by atoms with van der Waals surface area (Å²) in [5.74, 6) is -0.220. The van der Waals surface area contributed by atoms with E-state index < -0.39 is 0 Å². The minimum atomic E-state index is -0.220. The molecule has 6 heteroatoms. The largest absolute Gasteiger partial charge is 0.271 e. The highest BCUT2D eigenvalue weighted by Gasteiger charge is 2.07. The Morgan fingerprint density at radius 1 is 1.03 bits per heavy atom. The van der Waals surface area contributed by atoms with E-state index in [1.165, 1.54) is 25.7 Å². The molecule has 0 aliphatic carbocycles. The van der Waals surface area contributed by atoms with Crippen LogP contribution in [0.15, 0.2) is 65.9 Å². The van der Waals surface area contributed by atoms with E-state index in [2.05, 4.69) is 27.8 Å².